The van der Waals surface area contributed by atoms with Gasteiger partial charge in [-0.2, -0.15) is 0 Å². The highest BCUT2D eigenvalue weighted by atomic mass is 32.2. The molecule has 8 heteroatoms. The molecule has 0 saturated carbocycles. The number of carboxylic acid groups (broad SMARTS) is 1. The average Bonchev–Trinajstić information content (AvgIpc) is 3.03. The number of imidazole rings is 1. The van der Waals surface area contributed by atoms with Crippen molar-refractivity contribution in [1.29, 1.82) is 0 Å². The van der Waals surface area contributed by atoms with E-state index in [1.54, 1.807) is 31.4 Å². The number of carbonyl (C=O) groups excluding carboxylic acids is 1. The van der Waals surface area contributed by atoms with E-state index in [-0.39, 0.29) is 18.1 Å². The molecule has 0 spiro atoms. The molecular weight excluding hydrogens is 354 g/mol. The largest absolute Gasteiger partial charge is 0.497 e. The lowest BCUT2D eigenvalue weighted by molar-refractivity contribution is -0.136. The van der Waals surface area contributed by atoms with Crippen LogP contribution >= 0.6 is 11.8 Å². The lowest BCUT2D eigenvalue weighted by Crippen LogP contribution is -2.14. The van der Waals surface area contributed by atoms with Crippen LogP contribution in [0.25, 0.3) is 11.0 Å². The van der Waals surface area contributed by atoms with E-state index in [0.717, 1.165) is 16.8 Å². The normalized spacial score (nSPS) is 10.7. The van der Waals surface area contributed by atoms with E-state index in [1.807, 2.05) is 18.2 Å². The number of nitrogens with zero attached hydrogens (tertiary/aromatic N) is 1. The Hall–Kier alpha value is -3.00. The van der Waals surface area contributed by atoms with Crippen LogP contribution in [-0.4, -0.2) is 39.8 Å². The number of nitrogens with one attached hydrogen (secondary N) is 2. The second-order valence-corrected chi connectivity index (χ2v) is 6.49. The van der Waals surface area contributed by atoms with Crippen molar-refractivity contribution < 1.29 is 19.4 Å². The van der Waals surface area contributed by atoms with E-state index < -0.39 is 5.97 Å². The SMILES string of the molecule is COc1ccc2nc(SCC(=O)Nc3ccc(CC(=O)O)cc3)[nH]c2c1. The molecule has 0 aliphatic carbocycles. The Morgan fingerprint density at radius 1 is 1.23 bits per heavy atom. The van der Waals surface area contributed by atoms with Crippen LogP contribution in [0.1, 0.15) is 5.56 Å². The summed E-state index contributed by atoms with van der Waals surface area (Å²) in [6.07, 6.45) is -0.0408. The Balaban J connectivity index is 1.56. The van der Waals surface area contributed by atoms with Gasteiger partial charge >= 0.3 is 5.97 Å². The summed E-state index contributed by atoms with van der Waals surface area (Å²) >= 11 is 1.30. The zero-order valence-electron chi connectivity index (χ0n) is 14.0. The van der Waals surface area contributed by atoms with Crippen LogP contribution in [0.15, 0.2) is 47.6 Å². The number of carboxylic acids is 1. The van der Waals surface area contributed by atoms with Gasteiger partial charge in [0.1, 0.15) is 5.75 Å². The molecule has 0 saturated heterocycles. The maximum Gasteiger partial charge on any atom is 0.307 e. The number of thioether (sulfide) groups is 1. The molecule has 1 heterocycles. The number of hydrogen-bond donors (Lipinski definition) is 3. The van der Waals surface area contributed by atoms with E-state index >= 15 is 0 Å². The second kappa shape index (κ2) is 7.92. The number of ether oxygens (including phenoxy) is 1. The summed E-state index contributed by atoms with van der Waals surface area (Å²) in [5.41, 5.74) is 2.96. The number of rotatable bonds is 7. The molecule has 0 bridgehead atoms. The van der Waals surface area contributed by atoms with Crippen molar-refractivity contribution in [3.05, 3.63) is 48.0 Å². The molecule has 1 amide bonds. The minimum atomic E-state index is -0.887. The quantitative estimate of drug-likeness (QED) is 0.552. The highest BCUT2D eigenvalue weighted by molar-refractivity contribution is 7.99. The summed E-state index contributed by atoms with van der Waals surface area (Å²) in [6, 6.07) is 12.3. The molecule has 0 unspecified atom stereocenters. The third-order valence-corrected chi connectivity index (χ3v) is 4.47. The maximum absolute atomic E-state index is 12.1. The summed E-state index contributed by atoms with van der Waals surface area (Å²) in [5.74, 6) is -0.115. The minimum Gasteiger partial charge on any atom is -0.497 e. The zero-order chi connectivity index (χ0) is 18.5. The molecule has 7 nitrogen and oxygen atoms in total. The Bertz CT molecular complexity index is 937. The van der Waals surface area contributed by atoms with Gasteiger partial charge in [0.2, 0.25) is 5.91 Å². The van der Waals surface area contributed by atoms with E-state index in [4.69, 9.17) is 9.84 Å². The zero-order valence-corrected chi connectivity index (χ0v) is 14.8. The number of methoxy groups -OCH3 is 1. The number of hydrogen-bond acceptors (Lipinski definition) is 5. The fourth-order valence-corrected chi connectivity index (χ4v) is 3.06. The lowest BCUT2D eigenvalue weighted by atomic mass is 10.1. The molecule has 3 rings (SSSR count). The van der Waals surface area contributed by atoms with Crippen LogP contribution in [0.2, 0.25) is 0 Å². The van der Waals surface area contributed by atoms with Gasteiger partial charge in [-0.3, -0.25) is 9.59 Å². The maximum atomic E-state index is 12.1. The predicted octanol–water partition coefficient (Wildman–Crippen LogP) is 2.93. The second-order valence-electron chi connectivity index (χ2n) is 5.53. The van der Waals surface area contributed by atoms with Crippen molar-refractivity contribution >= 4 is 40.4 Å². The Morgan fingerprint density at radius 2 is 2.00 bits per heavy atom. The summed E-state index contributed by atoms with van der Waals surface area (Å²) in [4.78, 5) is 30.3. The molecular formula is C18H17N3O4S. The number of fused-ring (bicyclic) bond motifs is 1. The van der Waals surface area contributed by atoms with Gasteiger partial charge in [0.15, 0.2) is 5.16 Å². The van der Waals surface area contributed by atoms with Crippen LogP contribution in [0.4, 0.5) is 5.69 Å². The molecule has 3 aromatic rings. The molecule has 0 radical (unpaired) electrons. The highest BCUT2D eigenvalue weighted by Gasteiger charge is 2.09. The monoisotopic (exact) mass is 371 g/mol. The van der Waals surface area contributed by atoms with Crippen molar-refractivity contribution in [2.75, 3.05) is 18.2 Å². The standard InChI is InChI=1S/C18H17N3O4S/c1-25-13-6-7-14-15(9-13)21-18(20-14)26-10-16(22)19-12-4-2-11(3-5-12)8-17(23)24/h2-7,9H,8,10H2,1H3,(H,19,22)(H,20,21)(H,23,24). The summed E-state index contributed by atoms with van der Waals surface area (Å²) in [7, 11) is 1.60. The van der Waals surface area contributed by atoms with Gasteiger partial charge in [-0.25, -0.2) is 4.98 Å². The highest BCUT2D eigenvalue weighted by Crippen LogP contribution is 2.23. The van der Waals surface area contributed by atoms with Crippen molar-refractivity contribution in [2.24, 2.45) is 0 Å². The van der Waals surface area contributed by atoms with Gasteiger partial charge in [-0.1, -0.05) is 23.9 Å². The number of aromatic amines is 1. The molecule has 134 valence electrons. The smallest absolute Gasteiger partial charge is 0.307 e. The molecule has 0 atom stereocenters. The van der Waals surface area contributed by atoms with Crippen molar-refractivity contribution in [3.8, 4) is 5.75 Å². The number of carbonyl (C=O) groups is 2. The number of amides is 1. The van der Waals surface area contributed by atoms with Crippen LogP contribution in [0, 0.1) is 0 Å². The number of aliphatic carboxylic acids is 1. The van der Waals surface area contributed by atoms with E-state index in [2.05, 4.69) is 15.3 Å². The van der Waals surface area contributed by atoms with Crippen LogP contribution in [0.3, 0.4) is 0 Å². The Labute approximate surface area is 153 Å². The first-order chi connectivity index (χ1) is 12.5. The molecule has 0 aliphatic rings. The first-order valence-corrected chi connectivity index (χ1v) is 8.79. The molecule has 1 aromatic heterocycles. The lowest BCUT2D eigenvalue weighted by Gasteiger charge is -2.05. The third-order valence-electron chi connectivity index (χ3n) is 3.60. The molecule has 26 heavy (non-hydrogen) atoms. The third kappa shape index (κ3) is 4.54. The molecule has 2 aromatic carbocycles. The molecule has 0 aliphatic heterocycles. The Kier molecular flexibility index (Phi) is 5.43. The Morgan fingerprint density at radius 3 is 2.69 bits per heavy atom. The van der Waals surface area contributed by atoms with Crippen LogP contribution in [0.5, 0.6) is 5.75 Å². The van der Waals surface area contributed by atoms with E-state index in [1.165, 1.54) is 11.8 Å². The van der Waals surface area contributed by atoms with Gasteiger partial charge in [0.05, 0.1) is 30.3 Å². The van der Waals surface area contributed by atoms with Crippen molar-refractivity contribution in [1.82, 2.24) is 9.97 Å². The average molecular weight is 371 g/mol. The summed E-state index contributed by atoms with van der Waals surface area (Å²) < 4.78 is 5.17. The summed E-state index contributed by atoms with van der Waals surface area (Å²) in [5, 5.41) is 12.2. The van der Waals surface area contributed by atoms with Crippen molar-refractivity contribution in [3.63, 3.8) is 0 Å². The first kappa shape index (κ1) is 17.8. The molecule has 0 fully saturated rings. The van der Waals surface area contributed by atoms with Gasteiger partial charge in [0.25, 0.3) is 0 Å². The van der Waals surface area contributed by atoms with Gasteiger partial charge < -0.3 is 20.1 Å². The first-order valence-electron chi connectivity index (χ1n) is 7.80. The van der Waals surface area contributed by atoms with Gasteiger partial charge in [-0.05, 0) is 29.8 Å². The topological polar surface area (TPSA) is 104 Å². The number of H-pyrrole nitrogens is 1. The number of anilines is 1. The van der Waals surface area contributed by atoms with Crippen LogP contribution < -0.4 is 10.1 Å². The van der Waals surface area contributed by atoms with Crippen LogP contribution in [-0.2, 0) is 16.0 Å². The van der Waals surface area contributed by atoms with E-state index in [9.17, 15) is 9.59 Å². The summed E-state index contributed by atoms with van der Waals surface area (Å²) in [6.45, 7) is 0. The number of benzene rings is 2. The van der Waals surface area contributed by atoms with Gasteiger partial charge in [-0.15, -0.1) is 0 Å². The fraction of sp³-hybridized carbons (Fsp3) is 0.167. The van der Waals surface area contributed by atoms with Gasteiger partial charge in [0, 0.05) is 11.8 Å². The number of aromatic nitrogens is 2. The molecule has 3 N–H and O–H groups in total. The predicted molar refractivity (Wildman–Crippen MR) is 99.8 cm³/mol. The van der Waals surface area contributed by atoms with E-state index in [0.29, 0.717) is 16.4 Å². The minimum absolute atomic E-state index is 0.0408. The fourth-order valence-electron chi connectivity index (χ4n) is 2.37. The van der Waals surface area contributed by atoms with Crippen molar-refractivity contribution in [2.45, 2.75) is 11.6 Å².